The number of hydrogen-bond acceptors (Lipinski definition) is 3. The highest BCUT2D eigenvalue weighted by molar-refractivity contribution is 5.99. The first-order chi connectivity index (χ1) is 13.1. The quantitative estimate of drug-likeness (QED) is 0.735. The zero-order chi connectivity index (χ0) is 18.8. The van der Waals surface area contributed by atoms with Crippen LogP contribution in [0.15, 0.2) is 48.5 Å². The molecule has 2 aromatic carbocycles. The molecule has 3 aromatic rings. The maximum Gasteiger partial charge on any atom is 0.270 e. The van der Waals surface area contributed by atoms with E-state index in [9.17, 15) is 9.90 Å². The van der Waals surface area contributed by atoms with Crippen LogP contribution in [0, 0.1) is 6.92 Å². The van der Waals surface area contributed by atoms with Crippen LogP contribution in [-0.4, -0.2) is 40.1 Å². The van der Waals surface area contributed by atoms with Crippen LogP contribution < -0.4 is 0 Å². The molecule has 0 atom stereocenters. The molecule has 1 saturated heterocycles. The number of nitrogens with zero attached hydrogens (tertiary/aromatic N) is 1. The van der Waals surface area contributed by atoms with Gasteiger partial charge in [-0.15, -0.1) is 0 Å². The van der Waals surface area contributed by atoms with Crippen molar-refractivity contribution in [2.24, 2.45) is 0 Å². The maximum atomic E-state index is 12.8. The minimum absolute atomic E-state index is 0.0254. The fraction of sp³-hybridized carbons (Fsp3) is 0.318. The number of carbonyl (C=O) groups is 1. The van der Waals surface area contributed by atoms with Gasteiger partial charge in [0.15, 0.2) is 0 Å². The Morgan fingerprint density at radius 1 is 1.19 bits per heavy atom. The van der Waals surface area contributed by atoms with Crippen molar-refractivity contribution in [3.8, 4) is 5.75 Å². The standard InChI is InChI=1S/C22H24N2O3/c1-15-5-7-16(8-6-15)14-27-17-9-11-24(12-10-17)22(26)20-13-18-19(23-20)3-2-4-21(18)25/h2-8,13,17,23,25H,9-12,14H2,1H3. The summed E-state index contributed by atoms with van der Waals surface area (Å²) in [6, 6.07) is 15.4. The van der Waals surface area contributed by atoms with Crippen molar-refractivity contribution in [1.29, 1.82) is 0 Å². The molecule has 0 spiro atoms. The average Bonchev–Trinajstić information content (AvgIpc) is 3.13. The van der Waals surface area contributed by atoms with Crippen LogP contribution in [0.1, 0.15) is 34.5 Å². The summed E-state index contributed by atoms with van der Waals surface area (Å²) in [6.07, 6.45) is 1.86. The summed E-state index contributed by atoms with van der Waals surface area (Å²) in [5, 5.41) is 10.6. The van der Waals surface area contributed by atoms with E-state index in [4.69, 9.17) is 4.74 Å². The summed E-state index contributed by atoms with van der Waals surface area (Å²) in [4.78, 5) is 17.7. The van der Waals surface area contributed by atoms with Gasteiger partial charge in [-0.25, -0.2) is 0 Å². The molecule has 1 aliphatic rings. The van der Waals surface area contributed by atoms with Gasteiger partial charge in [-0.1, -0.05) is 35.9 Å². The third-order valence-electron chi connectivity index (χ3n) is 5.21. The molecule has 2 heterocycles. The number of phenols is 1. The van der Waals surface area contributed by atoms with E-state index in [1.54, 1.807) is 18.2 Å². The number of ether oxygens (including phenoxy) is 1. The van der Waals surface area contributed by atoms with Crippen LogP contribution in [0.5, 0.6) is 5.75 Å². The molecular weight excluding hydrogens is 340 g/mol. The molecule has 2 N–H and O–H groups in total. The second kappa shape index (κ2) is 7.45. The fourth-order valence-electron chi connectivity index (χ4n) is 3.55. The lowest BCUT2D eigenvalue weighted by Crippen LogP contribution is -2.41. The summed E-state index contributed by atoms with van der Waals surface area (Å²) in [7, 11) is 0. The molecule has 0 bridgehead atoms. The van der Waals surface area contributed by atoms with Gasteiger partial charge >= 0.3 is 0 Å². The number of aryl methyl sites for hydroxylation is 1. The molecule has 1 fully saturated rings. The molecule has 0 radical (unpaired) electrons. The smallest absolute Gasteiger partial charge is 0.270 e. The average molecular weight is 364 g/mol. The second-order valence-electron chi connectivity index (χ2n) is 7.21. The number of benzene rings is 2. The number of hydrogen-bond donors (Lipinski definition) is 2. The Hall–Kier alpha value is -2.79. The Labute approximate surface area is 158 Å². The first-order valence-corrected chi connectivity index (χ1v) is 9.37. The molecule has 1 amide bonds. The van der Waals surface area contributed by atoms with Crippen molar-refractivity contribution in [2.45, 2.75) is 32.5 Å². The zero-order valence-electron chi connectivity index (χ0n) is 15.4. The molecule has 1 aliphatic heterocycles. The van der Waals surface area contributed by atoms with Crippen LogP contribution >= 0.6 is 0 Å². The minimum Gasteiger partial charge on any atom is -0.507 e. The third kappa shape index (κ3) is 3.83. The molecular formula is C22H24N2O3. The molecule has 5 nitrogen and oxygen atoms in total. The normalized spacial score (nSPS) is 15.4. The Balaban J connectivity index is 1.33. The van der Waals surface area contributed by atoms with E-state index < -0.39 is 0 Å². The van der Waals surface area contributed by atoms with Crippen LogP contribution in [-0.2, 0) is 11.3 Å². The first-order valence-electron chi connectivity index (χ1n) is 9.37. The van der Waals surface area contributed by atoms with Crippen LogP contribution in [0.2, 0.25) is 0 Å². The van der Waals surface area contributed by atoms with Gasteiger partial charge in [-0.05, 0) is 43.5 Å². The molecule has 0 aliphatic carbocycles. The van der Waals surface area contributed by atoms with Crippen LogP contribution in [0.25, 0.3) is 10.9 Å². The van der Waals surface area contributed by atoms with Crippen molar-refractivity contribution in [3.05, 3.63) is 65.4 Å². The second-order valence-corrected chi connectivity index (χ2v) is 7.21. The minimum atomic E-state index is -0.0254. The van der Waals surface area contributed by atoms with Gasteiger partial charge in [-0.3, -0.25) is 4.79 Å². The van der Waals surface area contributed by atoms with Gasteiger partial charge in [0, 0.05) is 24.0 Å². The number of aromatic nitrogens is 1. The van der Waals surface area contributed by atoms with Crippen molar-refractivity contribution in [1.82, 2.24) is 9.88 Å². The third-order valence-corrected chi connectivity index (χ3v) is 5.21. The summed E-state index contributed by atoms with van der Waals surface area (Å²) in [5.74, 6) is 0.161. The fourth-order valence-corrected chi connectivity index (χ4v) is 3.55. The van der Waals surface area contributed by atoms with E-state index in [0.29, 0.717) is 30.8 Å². The highest BCUT2D eigenvalue weighted by Gasteiger charge is 2.25. The van der Waals surface area contributed by atoms with Crippen molar-refractivity contribution in [3.63, 3.8) is 0 Å². The van der Waals surface area contributed by atoms with Gasteiger partial charge in [0.05, 0.1) is 12.7 Å². The molecule has 4 rings (SSSR count). The lowest BCUT2D eigenvalue weighted by atomic mass is 10.1. The largest absolute Gasteiger partial charge is 0.507 e. The molecule has 0 saturated carbocycles. The summed E-state index contributed by atoms with van der Waals surface area (Å²) < 4.78 is 6.03. The molecule has 140 valence electrons. The van der Waals surface area contributed by atoms with Gasteiger partial charge in [-0.2, -0.15) is 0 Å². The number of phenolic OH excluding ortho intramolecular Hbond substituents is 1. The number of aromatic amines is 1. The number of carbonyl (C=O) groups excluding carboxylic acids is 1. The monoisotopic (exact) mass is 364 g/mol. The summed E-state index contributed by atoms with van der Waals surface area (Å²) >= 11 is 0. The topological polar surface area (TPSA) is 65.6 Å². The van der Waals surface area contributed by atoms with Crippen LogP contribution in [0.4, 0.5) is 0 Å². The van der Waals surface area contributed by atoms with Gasteiger partial charge < -0.3 is 19.7 Å². The number of H-pyrrole nitrogens is 1. The highest BCUT2D eigenvalue weighted by Crippen LogP contribution is 2.26. The van der Waals surface area contributed by atoms with Crippen molar-refractivity contribution >= 4 is 16.8 Å². The Morgan fingerprint density at radius 2 is 1.93 bits per heavy atom. The van der Waals surface area contributed by atoms with Gasteiger partial charge in [0.2, 0.25) is 0 Å². The van der Waals surface area contributed by atoms with E-state index in [2.05, 4.69) is 36.2 Å². The van der Waals surface area contributed by atoms with E-state index in [-0.39, 0.29) is 17.8 Å². The highest BCUT2D eigenvalue weighted by atomic mass is 16.5. The summed E-state index contributed by atoms with van der Waals surface area (Å²) in [5.41, 5.74) is 3.72. The Bertz CT molecular complexity index is 938. The first kappa shape index (κ1) is 17.6. The van der Waals surface area contributed by atoms with Gasteiger partial charge in [0.1, 0.15) is 11.4 Å². The molecule has 27 heavy (non-hydrogen) atoms. The Morgan fingerprint density at radius 3 is 2.63 bits per heavy atom. The van der Waals surface area contributed by atoms with Crippen LogP contribution in [0.3, 0.4) is 0 Å². The SMILES string of the molecule is Cc1ccc(COC2CCN(C(=O)c3cc4c(O)cccc4[nH]3)CC2)cc1. The maximum absolute atomic E-state index is 12.8. The predicted molar refractivity (Wildman–Crippen MR) is 105 cm³/mol. The number of piperidine rings is 1. The lowest BCUT2D eigenvalue weighted by molar-refractivity contribution is -0.000490. The number of rotatable bonds is 4. The van der Waals surface area contributed by atoms with Crippen molar-refractivity contribution < 1.29 is 14.6 Å². The number of aromatic hydroxyl groups is 1. The summed E-state index contributed by atoms with van der Waals surface area (Å²) in [6.45, 7) is 4.05. The van der Waals surface area contributed by atoms with Crippen molar-refractivity contribution in [2.75, 3.05) is 13.1 Å². The predicted octanol–water partition coefficient (Wildman–Crippen LogP) is 4.00. The zero-order valence-corrected chi connectivity index (χ0v) is 15.4. The number of nitrogens with one attached hydrogen (secondary N) is 1. The lowest BCUT2D eigenvalue weighted by Gasteiger charge is -2.31. The number of likely N-dealkylation sites (tertiary alicyclic amines) is 1. The van der Waals surface area contributed by atoms with E-state index in [0.717, 1.165) is 18.4 Å². The number of amides is 1. The van der Waals surface area contributed by atoms with Gasteiger partial charge in [0.25, 0.3) is 5.91 Å². The molecule has 1 aromatic heterocycles. The Kier molecular flexibility index (Phi) is 4.86. The molecule has 5 heteroatoms. The van der Waals surface area contributed by atoms with E-state index in [1.807, 2.05) is 11.0 Å². The molecule has 0 unspecified atom stereocenters. The number of fused-ring (bicyclic) bond motifs is 1. The van der Waals surface area contributed by atoms with E-state index >= 15 is 0 Å². The van der Waals surface area contributed by atoms with E-state index in [1.165, 1.54) is 11.1 Å².